The monoisotopic (exact) mass is 469 g/mol. The molecule has 1 fully saturated rings. The van der Waals surface area contributed by atoms with Crippen molar-refractivity contribution < 1.29 is 23.0 Å². The van der Waals surface area contributed by atoms with Crippen molar-refractivity contribution >= 4 is 12.1 Å². The molecule has 0 N–H and O–H groups in total. The number of carbonyl (C=O) groups is 1. The number of fused-ring (bicyclic) bond motifs is 1. The van der Waals surface area contributed by atoms with Gasteiger partial charge in [-0.15, -0.1) is 0 Å². The standard InChI is InChI=1S/C26H29F2N3O3/c1-25(2,3)34-24(32)30-15-26(28,16-30)21-14-29-23(33-21)31-13-12-17-6-4-5-7-20(17)22(31)18-8-10-19(27)11-9-18/h4-11,21-22H,12-16H2,1-3H3/t21-,22+/m1/s1. The van der Waals surface area contributed by atoms with E-state index in [0.29, 0.717) is 12.6 Å². The fraction of sp³-hybridized carbons (Fsp3) is 0.462. The lowest BCUT2D eigenvalue weighted by molar-refractivity contribution is -0.100. The molecule has 8 heteroatoms. The topological polar surface area (TPSA) is 54.4 Å². The van der Waals surface area contributed by atoms with Crippen molar-refractivity contribution in [2.24, 2.45) is 4.99 Å². The zero-order chi connectivity index (χ0) is 24.1. The summed E-state index contributed by atoms with van der Waals surface area (Å²) in [6.45, 7) is 6.00. The lowest BCUT2D eigenvalue weighted by Gasteiger charge is -2.46. The first kappa shape index (κ1) is 22.6. The van der Waals surface area contributed by atoms with E-state index >= 15 is 4.39 Å². The van der Waals surface area contributed by atoms with E-state index in [4.69, 9.17) is 9.47 Å². The lowest BCUT2D eigenvalue weighted by atomic mass is 9.88. The SMILES string of the molecule is CC(C)(C)OC(=O)N1CC(F)([C@H]2CN=C(N3CCc4ccccc4[C@@H]3c3ccc(F)cc3)O2)C1. The molecule has 5 rings (SSSR count). The van der Waals surface area contributed by atoms with E-state index in [2.05, 4.69) is 17.1 Å². The normalized spacial score (nSPS) is 23.5. The molecule has 34 heavy (non-hydrogen) atoms. The van der Waals surface area contributed by atoms with Crippen LogP contribution in [0.2, 0.25) is 0 Å². The second-order valence-electron chi connectivity index (χ2n) is 10.2. The largest absolute Gasteiger partial charge is 0.456 e. The van der Waals surface area contributed by atoms with Gasteiger partial charge in [-0.1, -0.05) is 36.4 Å². The van der Waals surface area contributed by atoms with Crippen molar-refractivity contribution in [3.63, 3.8) is 0 Å². The van der Waals surface area contributed by atoms with Gasteiger partial charge in [0.25, 0.3) is 6.02 Å². The number of hydrogen-bond donors (Lipinski definition) is 0. The zero-order valence-electron chi connectivity index (χ0n) is 19.6. The number of ether oxygens (including phenoxy) is 2. The van der Waals surface area contributed by atoms with Gasteiger partial charge in [0.05, 0.1) is 25.7 Å². The number of amidine groups is 1. The highest BCUT2D eigenvalue weighted by Crippen LogP contribution is 2.39. The van der Waals surface area contributed by atoms with Gasteiger partial charge in [-0.3, -0.25) is 0 Å². The summed E-state index contributed by atoms with van der Waals surface area (Å²) in [5.74, 6) is -0.298. The Morgan fingerprint density at radius 2 is 1.85 bits per heavy atom. The summed E-state index contributed by atoms with van der Waals surface area (Å²) in [7, 11) is 0. The molecule has 1 saturated heterocycles. The van der Waals surface area contributed by atoms with Crippen LogP contribution in [0.1, 0.15) is 43.5 Å². The molecule has 0 aromatic heterocycles. The minimum absolute atomic E-state index is 0.0837. The predicted octanol–water partition coefficient (Wildman–Crippen LogP) is 4.49. The van der Waals surface area contributed by atoms with Crippen LogP contribution in [0.3, 0.4) is 0 Å². The second-order valence-corrected chi connectivity index (χ2v) is 10.2. The molecular formula is C26H29F2N3O3. The minimum atomic E-state index is -1.68. The quantitative estimate of drug-likeness (QED) is 0.651. The Labute approximate surface area is 198 Å². The van der Waals surface area contributed by atoms with Gasteiger partial charge in [-0.25, -0.2) is 18.6 Å². The van der Waals surface area contributed by atoms with Crippen molar-refractivity contribution in [2.45, 2.75) is 50.6 Å². The first-order valence-corrected chi connectivity index (χ1v) is 11.6. The third-order valence-electron chi connectivity index (χ3n) is 6.49. The van der Waals surface area contributed by atoms with Crippen molar-refractivity contribution in [3.8, 4) is 0 Å². The van der Waals surface area contributed by atoms with E-state index in [0.717, 1.165) is 17.5 Å². The van der Waals surface area contributed by atoms with Gasteiger partial charge in [-0.05, 0) is 56.0 Å². The van der Waals surface area contributed by atoms with E-state index < -0.39 is 23.5 Å². The molecule has 0 spiro atoms. The number of likely N-dealkylation sites (tertiary alicyclic amines) is 1. The molecule has 0 aliphatic carbocycles. The maximum atomic E-state index is 15.6. The zero-order valence-corrected chi connectivity index (χ0v) is 19.6. The fourth-order valence-corrected chi connectivity index (χ4v) is 4.82. The summed E-state index contributed by atoms with van der Waals surface area (Å²) in [5.41, 5.74) is 0.924. The van der Waals surface area contributed by atoms with Crippen LogP contribution in [0.25, 0.3) is 0 Å². The van der Waals surface area contributed by atoms with Crippen LogP contribution in [-0.2, 0) is 15.9 Å². The van der Waals surface area contributed by atoms with Gasteiger partial charge < -0.3 is 19.3 Å². The van der Waals surface area contributed by atoms with Crippen LogP contribution in [0.4, 0.5) is 13.6 Å². The average Bonchev–Trinajstić information content (AvgIpc) is 3.26. The second kappa shape index (κ2) is 8.25. The van der Waals surface area contributed by atoms with Crippen LogP contribution in [0, 0.1) is 5.82 Å². The smallest absolute Gasteiger partial charge is 0.410 e. The highest BCUT2D eigenvalue weighted by molar-refractivity contribution is 5.78. The summed E-state index contributed by atoms with van der Waals surface area (Å²) in [6, 6.07) is 14.8. The Morgan fingerprint density at radius 3 is 2.56 bits per heavy atom. The molecule has 2 aromatic rings. The van der Waals surface area contributed by atoms with E-state index in [1.165, 1.54) is 22.6 Å². The third kappa shape index (κ3) is 4.21. The summed E-state index contributed by atoms with van der Waals surface area (Å²) in [6.07, 6.45) is -0.496. The van der Waals surface area contributed by atoms with E-state index in [9.17, 15) is 9.18 Å². The first-order chi connectivity index (χ1) is 16.1. The maximum Gasteiger partial charge on any atom is 0.410 e. The molecule has 2 atom stereocenters. The molecule has 3 aliphatic heterocycles. The average molecular weight is 470 g/mol. The van der Waals surface area contributed by atoms with Gasteiger partial charge in [0.15, 0.2) is 11.8 Å². The Balaban J connectivity index is 1.32. The van der Waals surface area contributed by atoms with Crippen LogP contribution >= 0.6 is 0 Å². The van der Waals surface area contributed by atoms with Gasteiger partial charge >= 0.3 is 6.09 Å². The Kier molecular flexibility index (Phi) is 5.49. The minimum Gasteiger partial charge on any atom is -0.456 e. The summed E-state index contributed by atoms with van der Waals surface area (Å²) in [4.78, 5) is 20.2. The van der Waals surface area contributed by atoms with Gasteiger partial charge in [0, 0.05) is 6.54 Å². The molecule has 0 radical (unpaired) electrons. The van der Waals surface area contributed by atoms with Crippen LogP contribution in [-0.4, -0.2) is 65.5 Å². The van der Waals surface area contributed by atoms with Gasteiger partial charge in [-0.2, -0.15) is 0 Å². The first-order valence-electron chi connectivity index (χ1n) is 11.6. The van der Waals surface area contributed by atoms with Crippen LogP contribution < -0.4 is 0 Å². The Morgan fingerprint density at radius 1 is 1.15 bits per heavy atom. The number of amides is 1. The number of alkyl halides is 1. The van der Waals surface area contributed by atoms with Crippen molar-refractivity contribution in [1.29, 1.82) is 0 Å². The Bertz CT molecular complexity index is 1110. The third-order valence-corrected chi connectivity index (χ3v) is 6.49. The maximum absolute atomic E-state index is 15.6. The molecule has 180 valence electrons. The van der Waals surface area contributed by atoms with E-state index in [-0.39, 0.29) is 31.5 Å². The number of carbonyl (C=O) groups excluding carboxylic acids is 1. The number of aliphatic imine (C=N–C) groups is 1. The van der Waals surface area contributed by atoms with Crippen LogP contribution in [0.5, 0.6) is 0 Å². The molecular weight excluding hydrogens is 440 g/mol. The lowest BCUT2D eigenvalue weighted by Crippen LogP contribution is -2.67. The van der Waals surface area contributed by atoms with Crippen molar-refractivity contribution in [2.75, 3.05) is 26.2 Å². The summed E-state index contributed by atoms with van der Waals surface area (Å²) < 4.78 is 40.6. The number of benzene rings is 2. The summed E-state index contributed by atoms with van der Waals surface area (Å²) >= 11 is 0. The van der Waals surface area contributed by atoms with E-state index in [1.54, 1.807) is 32.9 Å². The highest BCUT2D eigenvalue weighted by atomic mass is 19.1. The molecule has 0 saturated carbocycles. The van der Waals surface area contributed by atoms with Crippen LogP contribution in [0.15, 0.2) is 53.5 Å². The number of rotatable bonds is 2. The molecule has 0 bridgehead atoms. The predicted molar refractivity (Wildman–Crippen MR) is 124 cm³/mol. The molecule has 2 aromatic carbocycles. The Hall–Kier alpha value is -3.16. The molecule has 6 nitrogen and oxygen atoms in total. The molecule has 1 amide bonds. The summed E-state index contributed by atoms with van der Waals surface area (Å²) in [5, 5.41) is 0. The number of nitrogens with zero attached hydrogens (tertiary/aromatic N) is 3. The van der Waals surface area contributed by atoms with Gasteiger partial charge in [0.1, 0.15) is 11.4 Å². The molecule has 3 aliphatic rings. The van der Waals surface area contributed by atoms with Crippen molar-refractivity contribution in [1.82, 2.24) is 9.80 Å². The number of hydrogen-bond acceptors (Lipinski definition) is 5. The van der Waals surface area contributed by atoms with E-state index in [1.807, 2.05) is 17.0 Å². The molecule has 3 heterocycles. The van der Waals surface area contributed by atoms with Crippen molar-refractivity contribution in [3.05, 3.63) is 71.0 Å². The van der Waals surface area contributed by atoms with Gasteiger partial charge in [0.2, 0.25) is 0 Å². The fourth-order valence-electron chi connectivity index (χ4n) is 4.82. The highest BCUT2D eigenvalue weighted by Gasteiger charge is 2.56. The number of halogens is 2. The molecule has 0 unspecified atom stereocenters.